The van der Waals surface area contributed by atoms with Gasteiger partial charge in [0.15, 0.2) is 0 Å². The first-order chi connectivity index (χ1) is 14.1. The molecule has 0 saturated carbocycles. The highest BCUT2D eigenvalue weighted by Gasteiger charge is 2.17. The lowest BCUT2D eigenvalue weighted by atomic mass is 10.1. The molecule has 0 spiro atoms. The second-order valence-corrected chi connectivity index (χ2v) is 6.56. The highest BCUT2D eigenvalue weighted by atomic mass is 19.1. The standard InChI is InChI=1S/C21H24FN3O4/c1-28-15-6-7-16(18(22)14-15)21(27)24-19-5-3-2-4-17(19)20(26)23-8-9-25-10-12-29-13-11-25/h2-7,14H,8-13H2,1H3,(H,23,26)(H,24,27). The van der Waals surface area contributed by atoms with E-state index in [-0.39, 0.29) is 11.5 Å². The van der Waals surface area contributed by atoms with Crippen LogP contribution in [0.5, 0.6) is 5.75 Å². The van der Waals surface area contributed by atoms with Crippen LogP contribution < -0.4 is 15.4 Å². The lowest BCUT2D eigenvalue weighted by Crippen LogP contribution is -2.41. The summed E-state index contributed by atoms with van der Waals surface area (Å²) in [6, 6.07) is 10.6. The monoisotopic (exact) mass is 401 g/mol. The van der Waals surface area contributed by atoms with Crippen molar-refractivity contribution in [2.75, 3.05) is 51.8 Å². The highest BCUT2D eigenvalue weighted by Crippen LogP contribution is 2.20. The molecule has 2 amide bonds. The zero-order valence-electron chi connectivity index (χ0n) is 16.2. The molecule has 7 nitrogen and oxygen atoms in total. The fourth-order valence-corrected chi connectivity index (χ4v) is 3.03. The van der Waals surface area contributed by atoms with Crippen LogP contribution in [0.2, 0.25) is 0 Å². The maximum Gasteiger partial charge on any atom is 0.258 e. The van der Waals surface area contributed by atoms with Crippen molar-refractivity contribution in [3.63, 3.8) is 0 Å². The number of hydrogen-bond donors (Lipinski definition) is 2. The maximum atomic E-state index is 14.2. The molecule has 0 unspecified atom stereocenters. The number of morpholine rings is 1. The molecule has 0 radical (unpaired) electrons. The van der Waals surface area contributed by atoms with Crippen LogP contribution in [-0.4, -0.2) is 63.2 Å². The molecule has 1 aliphatic rings. The number of methoxy groups -OCH3 is 1. The molecule has 0 atom stereocenters. The van der Waals surface area contributed by atoms with Crippen LogP contribution >= 0.6 is 0 Å². The first-order valence-electron chi connectivity index (χ1n) is 9.40. The van der Waals surface area contributed by atoms with E-state index in [2.05, 4.69) is 15.5 Å². The summed E-state index contributed by atoms with van der Waals surface area (Å²) in [4.78, 5) is 27.3. The number of rotatable bonds is 7. The Bertz CT molecular complexity index is 869. The van der Waals surface area contributed by atoms with Gasteiger partial charge in [0.2, 0.25) is 0 Å². The van der Waals surface area contributed by atoms with Crippen molar-refractivity contribution in [3.05, 3.63) is 59.4 Å². The number of anilines is 1. The van der Waals surface area contributed by atoms with Gasteiger partial charge in [-0.3, -0.25) is 14.5 Å². The van der Waals surface area contributed by atoms with E-state index in [1.807, 2.05) is 0 Å². The Morgan fingerprint density at radius 2 is 1.86 bits per heavy atom. The number of nitrogens with zero attached hydrogens (tertiary/aromatic N) is 1. The van der Waals surface area contributed by atoms with E-state index in [9.17, 15) is 14.0 Å². The smallest absolute Gasteiger partial charge is 0.258 e. The molecule has 1 aliphatic heterocycles. The van der Waals surface area contributed by atoms with E-state index < -0.39 is 11.7 Å². The second-order valence-electron chi connectivity index (χ2n) is 6.56. The van der Waals surface area contributed by atoms with E-state index in [0.29, 0.717) is 36.8 Å². The van der Waals surface area contributed by atoms with Gasteiger partial charge in [0.1, 0.15) is 11.6 Å². The Morgan fingerprint density at radius 3 is 2.59 bits per heavy atom. The van der Waals surface area contributed by atoms with Crippen molar-refractivity contribution in [1.82, 2.24) is 10.2 Å². The van der Waals surface area contributed by atoms with Gasteiger partial charge in [0.25, 0.3) is 11.8 Å². The number of hydrogen-bond acceptors (Lipinski definition) is 5. The van der Waals surface area contributed by atoms with E-state index in [4.69, 9.17) is 9.47 Å². The molecule has 0 aromatic heterocycles. The minimum absolute atomic E-state index is 0.131. The van der Waals surface area contributed by atoms with Gasteiger partial charge in [-0.1, -0.05) is 12.1 Å². The van der Waals surface area contributed by atoms with Crippen LogP contribution in [0, 0.1) is 5.82 Å². The van der Waals surface area contributed by atoms with Gasteiger partial charge < -0.3 is 20.1 Å². The van der Waals surface area contributed by atoms with E-state index in [1.165, 1.54) is 19.2 Å². The molecule has 154 valence electrons. The molecular formula is C21H24FN3O4. The number of carbonyl (C=O) groups is 2. The van der Waals surface area contributed by atoms with Crippen molar-refractivity contribution in [2.24, 2.45) is 0 Å². The van der Waals surface area contributed by atoms with Crippen molar-refractivity contribution in [2.45, 2.75) is 0 Å². The molecule has 2 aromatic rings. The summed E-state index contributed by atoms with van der Waals surface area (Å²) in [5.41, 5.74) is 0.502. The van der Waals surface area contributed by atoms with Crippen molar-refractivity contribution < 1.29 is 23.5 Å². The van der Waals surface area contributed by atoms with Gasteiger partial charge in [0.05, 0.1) is 37.1 Å². The van der Waals surface area contributed by atoms with Crippen LogP contribution in [0.25, 0.3) is 0 Å². The van der Waals surface area contributed by atoms with Crippen molar-refractivity contribution in [1.29, 1.82) is 0 Å². The minimum Gasteiger partial charge on any atom is -0.497 e. The van der Waals surface area contributed by atoms with Gasteiger partial charge >= 0.3 is 0 Å². The van der Waals surface area contributed by atoms with Crippen molar-refractivity contribution in [3.8, 4) is 5.75 Å². The zero-order chi connectivity index (χ0) is 20.6. The van der Waals surface area contributed by atoms with Gasteiger partial charge in [-0.05, 0) is 24.3 Å². The number of amides is 2. The summed E-state index contributed by atoms with van der Waals surface area (Å²) in [6.07, 6.45) is 0. The Balaban J connectivity index is 1.63. The molecule has 1 fully saturated rings. The molecule has 8 heteroatoms. The predicted octanol–water partition coefficient (Wildman–Crippen LogP) is 2.15. The fraction of sp³-hybridized carbons (Fsp3) is 0.333. The van der Waals surface area contributed by atoms with Crippen LogP contribution in [0.3, 0.4) is 0 Å². The number of carbonyl (C=O) groups excluding carboxylic acids is 2. The summed E-state index contributed by atoms with van der Waals surface area (Å²) in [5.74, 6) is -1.32. The third kappa shape index (κ3) is 5.52. The number of nitrogens with one attached hydrogen (secondary N) is 2. The maximum absolute atomic E-state index is 14.2. The third-order valence-electron chi connectivity index (χ3n) is 4.66. The normalized spacial score (nSPS) is 14.3. The van der Waals surface area contributed by atoms with E-state index in [0.717, 1.165) is 25.7 Å². The van der Waals surface area contributed by atoms with Crippen LogP contribution in [0.1, 0.15) is 20.7 Å². The molecule has 1 saturated heterocycles. The minimum atomic E-state index is -0.700. The van der Waals surface area contributed by atoms with Gasteiger partial charge in [-0.25, -0.2) is 4.39 Å². The molecule has 2 aromatic carbocycles. The number of ether oxygens (including phenoxy) is 2. The summed E-state index contributed by atoms with van der Waals surface area (Å²) < 4.78 is 24.4. The topological polar surface area (TPSA) is 79.9 Å². The SMILES string of the molecule is COc1ccc(C(=O)Nc2ccccc2C(=O)NCCN2CCOCC2)c(F)c1. The third-order valence-corrected chi connectivity index (χ3v) is 4.66. The van der Waals surface area contributed by atoms with E-state index >= 15 is 0 Å². The highest BCUT2D eigenvalue weighted by molar-refractivity contribution is 6.09. The average Bonchev–Trinajstić information content (AvgIpc) is 2.74. The lowest BCUT2D eigenvalue weighted by Gasteiger charge is -2.26. The number of halogens is 1. The largest absolute Gasteiger partial charge is 0.497 e. The Hall–Kier alpha value is -2.97. The summed E-state index contributed by atoms with van der Waals surface area (Å²) in [6.45, 7) is 4.29. The Labute approximate surface area is 168 Å². The molecular weight excluding hydrogens is 377 g/mol. The Kier molecular flexibility index (Phi) is 7.15. The summed E-state index contributed by atoms with van der Waals surface area (Å²) in [5, 5.41) is 5.48. The molecule has 2 N–H and O–H groups in total. The van der Waals surface area contributed by atoms with Crippen molar-refractivity contribution >= 4 is 17.5 Å². The Morgan fingerprint density at radius 1 is 1.10 bits per heavy atom. The molecule has 3 rings (SSSR count). The van der Waals surface area contributed by atoms with Crippen LogP contribution in [0.4, 0.5) is 10.1 Å². The number of benzene rings is 2. The molecule has 29 heavy (non-hydrogen) atoms. The lowest BCUT2D eigenvalue weighted by molar-refractivity contribution is 0.0383. The van der Waals surface area contributed by atoms with Gasteiger partial charge in [-0.15, -0.1) is 0 Å². The second kappa shape index (κ2) is 9.99. The first kappa shape index (κ1) is 20.8. The predicted molar refractivity (Wildman–Crippen MR) is 107 cm³/mol. The average molecular weight is 401 g/mol. The van der Waals surface area contributed by atoms with E-state index in [1.54, 1.807) is 24.3 Å². The molecule has 0 aliphatic carbocycles. The first-order valence-corrected chi connectivity index (χ1v) is 9.40. The van der Waals surface area contributed by atoms with Crippen LogP contribution in [-0.2, 0) is 4.74 Å². The van der Waals surface area contributed by atoms with Gasteiger partial charge in [-0.2, -0.15) is 0 Å². The van der Waals surface area contributed by atoms with Gasteiger partial charge in [0, 0.05) is 32.2 Å². The summed E-state index contributed by atoms with van der Waals surface area (Å²) >= 11 is 0. The fourth-order valence-electron chi connectivity index (χ4n) is 3.03. The zero-order valence-corrected chi connectivity index (χ0v) is 16.2. The van der Waals surface area contributed by atoms with Crippen LogP contribution in [0.15, 0.2) is 42.5 Å². The summed E-state index contributed by atoms with van der Waals surface area (Å²) in [7, 11) is 1.42. The molecule has 1 heterocycles. The molecule has 0 bridgehead atoms. The number of para-hydroxylation sites is 1. The quantitative estimate of drug-likeness (QED) is 0.743.